The number of rotatable bonds is 7. The van der Waals surface area contributed by atoms with Crippen molar-refractivity contribution in [3.8, 4) is 0 Å². The summed E-state index contributed by atoms with van der Waals surface area (Å²) in [5, 5.41) is 3.05. The van der Waals surface area contributed by atoms with E-state index in [2.05, 4.69) is 22.7 Å². The van der Waals surface area contributed by atoms with Crippen LogP contribution < -0.4 is 16.2 Å². The van der Waals surface area contributed by atoms with Crippen molar-refractivity contribution >= 4 is 39.8 Å². The van der Waals surface area contributed by atoms with E-state index >= 15 is 0 Å². The lowest BCUT2D eigenvalue weighted by atomic mass is 10.1. The third kappa shape index (κ3) is 4.14. The van der Waals surface area contributed by atoms with E-state index in [1.54, 1.807) is 13.8 Å². The SMILES string of the molecule is C=C(NNC(=O)C1CC1)c1sc(NC(C)=O)c(C(=O)OCC)c1C. The van der Waals surface area contributed by atoms with Crippen LogP contribution in [0.25, 0.3) is 5.70 Å². The van der Waals surface area contributed by atoms with Gasteiger partial charge in [0.1, 0.15) is 5.00 Å². The summed E-state index contributed by atoms with van der Waals surface area (Å²) >= 11 is 1.21. The number of thiophene rings is 1. The molecule has 1 aliphatic carbocycles. The molecule has 2 rings (SSSR count). The smallest absolute Gasteiger partial charge is 0.341 e. The zero-order valence-electron chi connectivity index (χ0n) is 13.9. The molecule has 1 fully saturated rings. The summed E-state index contributed by atoms with van der Waals surface area (Å²) in [7, 11) is 0. The van der Waals surface area contributed by atoms with Crippen LogP contribution in [0.3, 0.4) is 0 Å². The number of ether oxygens (including phenoxy) is 1. The Balaban J connectivity index is 2.21. The van der Waals surface area contributed by atoms with Gasteiger partial charge in [-0.2, -0.15) is 0 Å². The fourth-order valence-electron chi connectivity index (χ4n) is 2.14. The van der Waals surface area contributed by atoms with Gasteiger partial charge in [-0.3, -0.25) is 20.4 Å². The highest BCUT2D eigenvalue weighted by atomic mass is 32.1. The highest BCUT2D eigenvalue weighted by Gasteiger charge is 2.30. The van der Waals surface area contributed by atoms with Crippen LogP contribution in [0.15, 0.2) is 6.58 Å². The minimum Gasteiger partial charge on any atom is -0.462 e. The van der Waals surface area contributed by atoms with Crippen molar-refractivity contribution < 1.29 is 19.1 Å². The zero-order valence-corrected chi connectivity index (χ0v) is 14.8. The minimum absolute atomic E-state index is 0.0692. The van der Waals surface area contributed by atoms with Crippen LogP contribution in [0.5, 0.6) is 0 Å². The molecular weight excluding hydrogens is 330 g/mol. The molecule has 0 saturated heterocycles. The molecule has 3 N–H and O–H groups in total. The lowest BCUT2D eigenvalue weighted by molar-refractivity contribution is -0.123. The van der Waals surface area contributed by atoms with E-state index in [1.165, 1.54) is 18.3 Å². The van der Waals surface area contributed by atoms with Gasteiger partial charge >= 0.3 is 5.97 Å². The van der Waals surface area contributed by atoms with Gasteiger partial charge in [-0.25, -0.2) is 4.79 Å². The Morgan fingerprint density at radius 3 is 2.50 bits per heavy atom. The first kappa shape index (κ1) is 18.0. The summed E-state index contributed by atoms with van der Waals surface area (Å²) in [6.07, 6.45) is 1.80. The Bertz CT molecular complexity index is 692. The third-order valence-corrected chi connectivity index (χ3v) is 4.74. The van der Waals surface area contributed by atoms with Gasteiger partial charge in [0.25, 0.3) is 0 Å². The second-order valence-corrected chi connectivity index (χ2v) is 6.55. The minimum atomic E-state index is -0.504. The molecule has 0 unspecified atom stereocenters. The second kappa shape index (κ2) is 7.48. The molecule has 0 spiro atoms. The number of hydrogen-bond donors (Lipinski definition) is 3. The number of carbonyl (C=O) groups is 3. The highest BCUT2D eigenvalue weighted by Crippen LogP contribution is 2.36. The normalized spacial score (nSPS) is 13.1. The van der Waals surface area contributed by atoms with E-state index < -0.39 is 5.97 Å². The van der Waals surface area contributed by atoms with E-state index in [0.29, 0.717) is 26.7 Å². The molecule has 0 radical (unpaired) electrons. The standard InChI is InChI=1S/C16H21N3O4S/c1-5-23-16(22)12-8(2)13(24-15(12)17-10(4)20)9(3)18-19-14(21)11-6-7-11/h11,18H,3,5-7H2,1-2,4H3,(H,17,20)(H,19,21). The number of esters is 1. The average molecular weight is 351 g/mol. The molecule has 7 nitrogen and oxygen atoms in total. The van der Waals surface area contributed by atoms with Crippen molar-refractivity contribution in [2.24, 2.45) is 5.92 Å². The van der Waals surface area contributed by atoms with E-state index in [0.717, 1.165) is 12.8 Å². The largest absolute Gasteiger partial charge is 0.462 e. The molecule has 1 aromatic rings. The van der Waals surface area contributed by atoms with Crippen molar-refractivity contribution in [2.75, 3.05) is 11.9 Å². The Kier molecular flexibility index (Phi) is 5.61. The highest BCUT2D eigenvalue weighted by molar-refractivity contribution is 7.18. The van der Waals surface area contributed by atoms with Crippen molar-refractivity contribution in [1.29, 1.82) is 0 Å². The lowest BCUT2D eigenvalue weighted by Gasteiger charge is -2.10. The van der Waals surface area contributed by atoms with Gasteiger partial charge in [0.05, 0.1) is 22.7 Å². The van der Waals surface area contributed by atoms with E-state index in [1.807, 2.05) is 0 Å². The second-order valence-electron chi connectivity index (χ2n) is 5.53. The monoisotopic (exact) mass is 351 g/mol. The summed E-state index contributed by atoms with van der Waals surface area (Å²) in [6, 6.07) is 0. The molecule has 2 amide bonds. The molecule has 0 aliphatic heterocycles. The van der Waals surface area contributed by atoms with Gasteiger partial charge in [-0.15, -0.1) is 11.3 Å². The van der Waals surface area contributed by atoms with Crippen molar-refractivity contribution in [3.63, 3.8) is 0 Å². The van der Waals surface area contributed by atoms with Gasteiger partial charge < -0.3 is 10.1 Å². The maximum atomic E-state index is 12.2. The van der Waals surface area contributed by atoms with Crippen molar-refractivity contribution in [2.45, 2.75) is 33.6 Å². The van der Waals surface area contributed by atoms with Crippen LogP contribution in [0.4, 0.5) is 5.00 Å². The first-order chi connectivity index (χ1) is 11.3. The number of hydrogen-bond acceptors (Lipinski definition) is 6. The van der Waals surface area contributed by atoms with Crippen LogP contribution in [-0.4, -0.2) is 24.4 Å². The molecule has 130 valence electrons. The molecule has 1 saturated carbocycles. The predicted octanol–water partition coefficient (Wildman–Crippen LogP) is 2.19. The fourth-order valence-corrected chi connectivity index (χ4v) is 3.31. The Labute approximate surface area is 144 Å². The van der Waals surface area contributed by atoms with Gasteiger partial charge in [-0.05, 0) is 32.3 Å². The molecule has 0 atom stereocenters. The van der Waals surface area contributed by atoms with Crippen LogP contribution in [0.2, 0.25) is 0 Å². The van der Waals surface area contributed by atoms with E-state index in [-0.39, 0.29) is 24.3 Å². The van der Waals surface area contributed by atoms with Crippen LogP contribution in [0, 0.1) is 12.8 Å². The van der Waals surface area contributed by atoms with Crippen LogP contribution in [0.1, 0.15) is 47.5 Å². The Hall–Kier alpha value is -2.35. The van der Waals surface area contributed by atoms with Gasteiger partial charge in [-0.1, -0.05) is 6.58 Å². The fraction of sp³-hybridized carbons (Fsp3) is 0.438. The van der Waals surface area contributed by atoms with Gasteiger partial charge in [0.2, 0.25) is 11.8 Å². The number of carbonyl (C=O) groups excluding carboxylic acids is 3. The summed E-state index contributed by atoms with van der Waals surface area (Å²) < 4.78 is 5.06. The lowest BCUT2D eigenvalue weighted by Crippen LogP contribution is -2.36. The number of hydrazine groups is 1. The maximum absolute atomic E-state index is 12.2. The van der Waals surface area contributed by atoms with Crippen LogP contribution in [-0.2, 0) is 14.3 Å². The molecule has 1 heterocycles. The number of amides is 2. The molecule has 0 aromatic carbocycles. The summed E-state index contributed by atoms with van der Waals surface area (Å²) in [5.41, 5.74) is 6.79. The predicted molar refractivity (Wildman–Crippen MR) is 92.4 cm³/mol. The number of nitrogens with one attached hydrogen (secondary N) is 3. The summed E-state index contributed by atoms with van der Waals surface area (Å²) in [5.74, 6) is -0.789. The summed E-state index contributed by atoms with van der Waals surface area (Å²) in [6.45, 7) is 8.96. The zero-order chi connectivity index (χ0) is 17.9. The molecule has 8 heteroatoms. The molecular formula is C16H21N3O4S. The first-order valence-corrected chi connectivity index (χ1v) is 8.50. The molecule has 0 bridgehead atoms. The van der Waals surface area contributed by atoms with Crippen molar-refractivity contribution in [1.82, 2.24) is 10.9 Å². The third-order valence-electron chi connectivity index (χ3n) is 3.47. The quantitative estimate of drug-likeness (QED) is 0.517. The maximum Gasteiger partial charge on any atom is 0.341 e. The summed E-state index contributed by atoms with van der Waals surface area (Å²) in [4.78, 5) is 35.9. The Morgan fingerprint density at radius 2 is 1.96 bits per heavy atom. The molecule has 1 aliphatic rings. The van der Waals surface area contributed by atoms with E-state index in [9.17, 15) is 14.4 Å². The number of anilines is 1. The topological polar surface area (TPSA) is 96.5 Å². The van der Waals surface area contributed by atoms with Crippen LogP contribution >= 0.6 is 11.3 Å². The molecule has 24 heavy (non-hydrogen) atoms. The van der Waals surface area contributed by atoms with Gasteiger partial charge in [0.15, 0.2) is 0 Å². The van der Waals surface area contributed by atoms with Gasteiger partial charge in [0, 0.05) is 12.8 Å². The first-order valence-electron chi connectivity index (χ1n) is 7.68. The average Bonchev–Trinajstić information content (AvgIpc) is 3.29. The van der Waals surface area contributed by atoms with E-state index in [4.69, 9.17) is 4.74 Å². The van der Waals surface area contributed by atoms with Crippen molar-refractivity contribution in [3.05, 3.63) is 22.6 Å². The Morgan fingerprint density at radius 1 is 1.29 bits per heavy atom. The molecule has 1 aromatic heterocycles.